The summed E-state index contributed by atoms with van der Waals surface area (Å²) in [7, 11) is 0. The molecule has 8 nitrogen and oxygen atoms in total. The van der Waals surface area contributed by atoms with E-state index >= 15 is 0 Å². The standard InChI is InChI=1S/C17H20F3N5O3/c18-17(19,20)13-2-1-12(22-23-13)7-11-3-5-24(6-4-11)15(27)25-8-16(9-25)10-28-14(26)21-16/h1-2,11H,3-10H2,(H,21,26). The summed E-state index contributed by atoms with van der Waals surface area (Å²) in [6, 6.07) is 2.26. The molecule has 0 aliphatic carbocycles. The van der Waals surface area contributed by atoms with Crippen LogP contribution in [0.2, 0.25) is 0 Å². The summed E-state index contributed by atoms with van der Waals surface area (Å²) in [6.45, 7) is 2.34. The van der Waals surface area contributed by atoms with E-state index in [2.05, 4.69) is 15.5 Å². The third-order valence-corrected chi connectivity index (χ3v) is 5.50. The van der Waals surface area contributed by atoms with Crippen LogP contribution >= 0.6 is 0 Å². The smallest absolute Gasteiger partial charge is 0.435 e. The van der Waals surface area contributed by atoms with Crippen LogP contribution in [-0.2, 0) is 17.3 Å². The zero-order chi connectivity index (χ0) is 19.9. The highest BCUT2D eigenvalue weighted by molar-refractivity contribution is 5.78. The van der Waals surface area contributed by atoms with Gasteiger partial charge in [0.1, 0.15) is 12.1 Å². The van der Waals surface area contributed by atoms with Gasteiger partial charge in [-0.1, -0.05) is 0 Å². The molecule has 11 heteroatoms. The largest absolute Gasteiger partial charge is 0.447 e. The van der Waals surface area contributed by atoms with Crippen molar-refractivity contribution < 1.29 is 27.5 Å². The van der Waals surface area contributed by atoms with Gasteiger partial charge >= 0.3 is 18.3 Å². The number of rotatable bonds is 2. The molecule has 0 unspecified atom stereocenters. The predicted octanol–water partition coefficient (Wildman–Crippen LogP) is 1.66. The van der Waals surface area contributed by atoms with Crippen LogP contribution in [0.25, 0.3) is 0 Å². The van der Waals surface area contributed by atoms with Crippen molar-refractivity contribution in [1.29, 1.82) is 0 Å². The van der Waals surface area contributed by atoms with Crippen LogP contribution in [-0.4, -0.2) is 70.4 Å². The lowest BCUT2D eigenvalue weighted by Crippen LogP contribution is -2.71. The lowest BCUT2D eigenvalue weighted by atomic mass is 9.90. The maximum absolute atomic E-state index is 12.6. The molecule has 3 aliphatic rings. The third-order valence-electron chi connectivity index (χ3n) is 5.50. The molecule has 1 N–H and O–H groups in total. The average Bonchev–Trinajstić information content (AvgIpc) is 3.02. The van der Waals surface area contributed by atoms with Crippen LogP contribution in [0.1, 0.15) is 24.2 Å². The molecule has 3 aliphatic heterocycles. The number of amides is 3. The van der Waals surface area contributed by atoms with Gasteiger partial charge in [0, 0.05) is 13.1 Å². The molecule has 4 heterocycles. The molecule has 1 aromatic heterocycles. The number of likely N-dealkylation sites (tertiary alicyclic amines) is 2. The zero-order valence-corrected chi connectivity index (χ0v) is 15.0. The van der Waals surface area contributed by atoms with Gasteiger partial charge < -0.3 is 19.9 Å². The Morgan fingerprint density at radius 1 is 1.21 bits per heavy atom. The maximum Gasteiger partial charge on any atom is 0.435 e. The SMILES string of the molecule is O=C1NC2(CO1)CN(C(=O)N1CCC(Cc3ccc(C(F)(F)F)nn3)CC1)C2. The average molecular weight is 399 g/mol. The Hall–Kier alpha value is -2.59. The van der Waals surface area contributed by atoms with Gasteiger partial charge in [-0.05, 0) is 37.3 Å². The maximum atomic E-state index is 12.6. The van der Waals surface area contributed by atoms with E-state index < -0.39 is 23.5 Å². The Bertz CT molecular complexity index is 756. The highest BCUT2D eigenvalue weighted by Gasteiger charge is 2.52. The van der Waals surface area contributed by atoms with Gasteiger partial charge in [0.2, 0.25) is 0 Å². The highest BCUT2D eigenvalue weighted by atomic mass is 19.4. The minimum atomic E-state index is -4.49. The summed E-state index contributed by atoms with van der Waals surface area (Å²) >= 11 is 0. The Morgan fingerprint density at radius 2 is 1.93 bits per heavy atom. The van der Waals surface area contributed by atoms with Crippen molar-refractivity contribution >= 4 is 12.1 Å². The molecular formula is C17H20F3N5O3. The van der Waals surface area contributed by atoms with Crippen molar-refractivity contribution in [3.8, 4) is 0 Å². The Balaban J connectivity index is 1.24. The molecule has 3 fully saturated rings. The van der Waals surface area contributed by atoms with E-state index in [0.29, 0.717) is 38.3 Å². The number of halogens is 3. The number of cyclic esters (lactones) is 1. The van der Waals surface area contributed by atoms with Gasteiger partial charge in [-0.25, -0.2) is 9.59 Å². The molecule has 3 saturated heterocycles. The third kappa shape index (κ3) is 3.69. The summed E-state index contributed by atoms with van der Waals surface area (Å²) in [5.41, 5.74) is -0.904. The van der Waals surface area contributed by atoms with E-state index in [1.165, 1.54) is 6.07 Å². The molecule has 0 radical (unpaired) electrons. The molecule has 1 spiro atoms. The van der Waals surface area contributed by atoms with Crippen molar-refractivity contribution in [2.45, 2.75) is 31.0 Å². The number of urea groups is 1. The summed E-state index contributed by atoms with van der Waals surface area (Å²) in [5.74, 6) is 0.250. The van der Waals surface area contributed by atoms with Gasteiger partial charge in [-0.2, -0.15) is 18.3 Å². The van der Waals surface area contributed by atoms with Crippen molar-refractivity contribution in [2.75, 3.05) is 32.8 Å². The van der Waals surface area contributed by atoms with Crippen LogP contribution in [0.15, 0.2) is 12.1 Å². The number of hydrogen-bond acceptors (Lipinski definition) is 5. The van der Waals surface area contributed by atoms with Crippen LogP contribution in [0, 0.1) is 5.92 Å². The van der Waals surface area contributed by atoms with Gasteiger partial charge in [0.05, 0.1) is 18.8 Å². The van der Waals surface area contributed by atoms with E-state index in [1.807, 2.05) is 0 Å². The quantitative estimate of drug-likeness (QED) is 0.817. The number of alkyl halides is 3. The summed E-state index contributed by atoms with van der Waals surface area (Å²) in [6.07, 6.45) is -2.87. The van der Waals surface area contributed by atoms with Gasteiger partial charge in [0.25, 0.3) is 0 Å². The van der Waals surface area contributed by atoms with E-state index in [0.717, 1.165) is 18.9 Å². The molecular weight excluding hydrogens is 379 g/mol. The molecule has 0 aromatic carbocycles. The summed E-state index contributed by atoms with van der Waals surface area (Å²) in [5, 5.41) is 9.69. The lowest BCUT2D eigenvalue weighted by Gasteiger charge is -2.48. The number of alkyl carbamates (subject to hydrolysis) is 1. The fourth-order valence-corrected chi connectivity index (χ4v) is 3.93. The summed E-state index contributed by atoms with van der Waals surface area (Å²) < 4.78 is 42.5. The first kappa shape index (κ1) is 18.8. The highest BCUT2D eigenvalue weighted by Crippen LogP contribution is 2.29. The van der Waals surface area contributed by atoms with Gasteiger partial charge in [0.15, 0.2) is 5.69 Å². The molecule has 4 rings (SSSR count). The fourth-order valence-electron chi connectivity index (χ4n) is 3.93. The number of aromatic nitrogens is 2. The van der Waals surface area contributed by atoms with Crippen LogP contribution < -0.4 is 5.32 Å². The number of nitrogens with one attached hydrogen (secondary N) is 1. The number of ether oxygens (including phenoxy) is 1. The van der Waals surface area contributed by atoms with Crippen molar-refractivity contribution in [3.63, 3.8) is 0 Å². The number of nitrogens with zero attached hydrogens (tertiary/aromatic N) is 4. The van der Waals surface area contributed by atoms with E-state index in [4.69, 9.17) is 4.74 Å². The Morgan fingerprint density at radius 3 is 2.46 bits per heavy atom. The number of piperidine rings is 1. The first-order valence-corrected chi connectivity index (χ1v) is 9.13. The molecule has 0 atom stereocenters. The van der Waals surface area contributed by atoms with Crippen LogP contribution in [0.4, 0.5) is 22.8 Å². The fraction of sp³-hybridized carbons (Fsp3) is 0.647. The Labute approximate surface area is 159 Å². The van der Waals surface area contributed by atoms with Gasteiger partial charge in [-0.15, -0.1) is 5.10 Å². The van der Waals surface area contributed by atoms with E-state index in [-0.39, 0.29) is 18.6 Å². The van der Waals surface area contributed by atoms with Crippen LogP contribution in [0.3, 0.4) is 0 Å². The predicted molar refractivity (Wildman–Crippen MR) is 89.2 cm³/mol. The van der Waals surface area contributed by atoms with Crippen molar-refractivity contribution in [1.82, 2.24) is 25.3 Å². The topological polar surface area (TPSA) is 87.7 Å². The summed E-state index contributed by atoms with van der Waals surface area (Å²) in [4.78, 5) is 27.2. The molecule has 1 aromatic rings. The minimum absolute atomic E-state index is 0.0560. The number of carbonyl (C=O) groups is 2. The Kier molecular flexibility index (Phi) is 4.54. The first-order valence-electron chi connectivity index (χ1n) is 9.13. The second-order valence-corrected chi connectivity index (χ2v) is 7.66. The number of carbonyl (C=O) groups excluding carboxylic acids is 2. The normalized spacial score (nSPS) is 22.0. The zero-order valence-electron chi connectivity index (χ0n) is 15.0. The second-order valence-electron chi connectivity index (χ2n) is 7.66. The second kappa shape index (κ2) is 6.78. The number of hydrogen-bond donors (Lipinski definition) is 1. The monoisotopic (exact) mass is 399 g/mol. The molecule has 3 amide bonds. The molecule has 28 heavy (non-hydrogen) atoms. The first-order chi connectivity index (χ1) is 13.2. The molecule has 0 saturated carbocycles. The molecule has 0 bridgehead atoms. The van der Waals surface area contributed by atoms with E-state index in [9.17, 15) is 22.8 Å². The van der Waals surface area contributed by atoms with Crippen molar-refractivity contribution in [2.24, 2.45) is 5.92 Å². The van der Waals surface area contributed by atoms with E-state index in [1.54, 1.807) is 9.80 Å². The van der Waals surface area contributed by atoms with Crippen LogP contribution in [0.5, 0.6) is 0 Å². The van der Waals surface area contributed by atoms with Gasteiger partial charge in [-0.3, -0.25) is 0 Å². The lowest BCUT2D eigenvalue weighted by molar-refractivity contribution is -0.141. The molecule has 152 valence electrons. The van der Waals surface area contributed by atoms with Crippen molar-refractivity contribution in [3.05, 3.63) is 23.5 Å². The minimum Gasteiger partial charge on any atom is -0.447 e.